The van der Waals surface area contributed by atoms with E-state index in [-0.39, 0.29) is 5.82 Å². The van der Waals surface area contributed by atoms with Crippen molar-refractivity contribution in [2.75, 3.05) is 0 Å². The van der Waals surface area contributed by atoms with Gasteiger partial charge in [0.05, 0.1) is 27.7 Å². The van der Waals surface area contributed by atoms with E-state index in [0.717, 1.165) is 59.7 Å². The first-order valence-electron chi connectivity index (χ1n) is 11.4. The molecular weight excluding hydrogens is 491 g/mol. The maximum atomic E-state index is 13.4. The van der Waals surface area contributed by atoms with Crippen LogP contribution in [0.3, 0.4) is 0 Å². The van der Waals surface area contributed by atoms with Gasteiger partial charge in [-0.05, 0) is 67.1 Å². The lowest BCUT2D eigenvalue weighted by Crippen LogP contribution is -1.98. The zero-order valence-corrected chi connectivity index (χ0v) is 21.0. The first-order valence-corrected chi connectivity index (χ1v) is 13.2. The van der Waals surface area contributed by atoms with E-state index in [2.05, 4.69) is 37.7 Å². The molecule has 0 radical (unpaired) electrons. The lowest BCUT2D eigenvalue weighted by Gasteiger charge is -2.10. The summed E-state index contributed by atoms with van der Waals surface area (Å²) in [6, 6.07) is 23.1. The SMILES string of the molecule is Cc1nc2cnccc2n1-c1ccc(OCc2cccc(SCc3nc4cc(F)ccc4s3)c2)cc1. The van der Waals surface area contributed by atoms with E-state index < -0.39 is 0 Å². The molecule has 0 aliphatic heterocycles. The minimum atomic E-state index is -0.253. The zero-order chi connectivity index (χ0) is 24.5. The Kier molecular flexibility index (Phi) is 6.13. The smallest absolute Gasteiger partial charge is 0.125 e. The number of nitrogens with zero attached hydrogens (tertiary/aromatic N) is 4. The Morgan fingerprint density at radius 1 is 0.972 bits per heavy atom. The molecule has 0 bridgehead atoms. The van der Waals surface area contributed by atoms with Gasteiger partial charge in [0, 0.05) is 22.8 Å². The first kappa shape index (κ1) is 22.7. The molecule has 3 aromatic carbocycles. The number of pyridine rings is 1. The molecule has 0 aliphatic carbocycles. The molecule has 3 aromatic heterocycles. The van der Waals surface area contributed by atoms with Gasteiger partial charge in [-0.25, -0.2) is 14.4 Å². The predicted octanol–water partition coefficient (Wildman–Crippen LogP) is 7.35. The van der Waals surface area contributed by atoms with E-state index in [4.69, 9.17) is 4.74 Å². The topological polar surface area (TPSA) is 52.8 Å². The molecule has 0 fully saturated rings. The molecule has 0 amide bonds. The van der Waals surface area contributed by atoms with E-state index in [1.165, 1.54) is 12.1 Å². The third kappa shape index (κ3) is 4.69. The van der Waals surface area contributed by atoms with Gasteiger partial charge in [0.25, 0.3) is 0 Å². The van der Waals surface area contributed by atoms with Crippen LogP contribution in [0.1, 0.15) is 16.4 Å². The van der Waals surface area contributed by atoms with Gasteiger partial charge in [0.1, 0.15) is 34.5 Å². The fourth-order valence-corrected chi connectivity index (χ4v) is 6.04. The molecule has 0 aliphatic rings. The van der Waals surface area contributed by atoms with Gasteiger partial charge < -0.3 is 4.74 Å². The average Bonchev–Trinajstić information content (AvgIpc) is 3.46. The third-order valence-electron chi connectivity index (χ3n) is 5.78. The number of thiazole rings is 1. The molecule has 0 N–H and O–H groups in total. The summed E-state index contributed by atoms with van der Waals surface area (Å²) in [5, 5.41) is 0.986. The second-order valence-electron chi connectivity index (χ2n) is 8.30. The highest BCUT2D eigenvalue weighted by molar-refractivity contribution is 7.98. The summed E-state index contributed by atoms with van der Waals surface area (Å²) in [6.07, 6.45) is 3.56. The van der Waals surface area contributed by atoms with Crippen LogP contribution >= 0.6 is 23.1 Å². The lowest BCUT2D eigenvalue weighted by atomic mass is 10.2. The standard InChI is InChI=1S/C28H21FN4OS2/c1-18-31-25-15-30-12-11-26(25)33(18)21-6-8-22(9-7-21)34-16-19-3-2-4-23(13-19)35-17-28-32-24-14-20(29)5-10-27(24)36-28/h2-15H,16-17H2,1H3. The van der Waals surface area contributed by atoms with E-state index in [0.29, 0.717) is 6.61 Å². The van der Waals surface area contributed by atoms with Crippen molar-refractivity contribution in [3.63, 3.8) is 0 Å². The number of fused-ring (bicyclic) bond motifs is 2. The Labute approximate surface area is 215 Å². The quantitative estimate of drug-likeness (QED) is 0.209. The Morgan fingerprint density at radius 3 is 2.75 bits per heavy atom. The van der Waals surface area contributed by atoms with Crippen LogP contribution < -0.4 is 4.74 Å². The Bertz CT molecular complexity index is 1680. The van der Waals surface area contributed by atoms with Crippen molar-refractivity contribution in [3.8, 4) is 11.4 Å². The monoisotopic (exact) mass is 512 g/mol. The molecule has 178 valence electrons. The van der Waals surface area contributed by atoms with Crippen LogP contribution in [0.5, 0.6) is 5.75 Å². The molecule has 6 aromatic rings. The number of thioether (sulfide) groups is 1. The second kappa shape index (κ2) is 9.72. The van der Waals surface area contributed by atoms with Crippen LogP contribution in [-0.4, -0.2) is 19.5 Å². The van der Waals surface area contributed by atoms with Crippen molar-refractivity contribution in [3.05, 3.63) is 107 Å². The number of ether oxygens (including phenoxy) is 1. The maximum Gasteiger partial charge on any atom is 0.125 e. The van der Waals surface area contributed by atoms with Crippen LogP contribution in [0, 0.1) is 12.7 Å². The number of imidazole rings is 1. The van der Waals surface area contributed by atoms with Crippen LogP contribution in [0.25, 0.3) is 26.9 Å². The number of aromatic nitrogens is 4. The summed E-state index contributed by atoms with van der Waals surface area (Å²) in [5.74, 6) is 2.21. The van der Waals surface area contributed by atoms with Gasteiger partial charge >= 0.3 is 0 Å². The number of hydrogen-bond acceptors (Lipinski definition) is 6. The number of halogens is 1. The maximum absolute atomic E-state index is 13.4. The Balaban J connectivity index is 1.10. The minimum Gasteiger partial charge on any atom is -0.489 e. The summed E-state index contributed by atoms with van der Waals surface area (Å²) in [7, 11) is 0. The van der Waals surface area contributed by atoms with Crippen molar-refractivity contribution in [1.29, 1.82) is 0 Å². The van der Waals surface area contributed by atoms with E-state index in [1.54, 1.807) is 41.6 Å². The lowest BCUT2D eigenvalue weighted by molar-refractivity contribution is 0.306. The number of hydrogen-bond donors (Lipinski definition) is 0. The first-order chi connectivity index (χ1) is 17.6. The third-order valence-corrected chi connectivity index (χ3v) is 8.00. The summed E-state index contributed by atoms with van der Waals surface area (Å²) in [6.45, 7) is 2.47. The molecule has 0 unspecified atom stereocenters. The molecule has 0 saturated carbocycles. The van der Waals surface area contributed by atoms with E-state index >= 15 is 0 Å². The summed E-state index contributed by atoms with van der Waals surface area (Å²) < 4.78 is 22.6. The second-order valence-corrected chi connectivity index (χ2v) is 10.5. The highest BCUT2D eigenvalue weighted by atomic mass is 32.2. The molecule has 0 atom stereocenters. The number of rotatable bonds is 7. The zero-order valence-electron chi connectivity index (χ0n) is 19.4. The normalized spacial score (nSPS) is 11.4. The fourth-order valence-electron chi connectivity index (χ4n) is 4.12. The average molecular weight is 513 g/mol. The summed E-state index contributed by atoms with van der Waals surface area (Å²) in [4.78, 5) is 14.5. The Hall–Kier alpha value is -3.75. The predicted molar refractivity (Wildman–Crippen MR) is 144 cm³/mol. The molecule has 5 nitrogen and oxygen atoms in total. The summed E-state index contributed by atoms with van der Waals surface area (Å²) in [5.41, 5.74) is 4.76. The van der Waals surface area contributed by atoms with Crippen molar-refractivity contribution in [2.45, 2.75) is 24.2 Å². The molecule has 3 heterocycles. The number of benzene rings is 3. The largest absolute Gasteiger partial charge is 0.489 e. The molecular formula is C28H21FN4OS2. The van der Waals surface area contributed by atoms with Gasteiger partial charge in [0.15, 0.2) is 0 Å². The van der Waals surface area contributed by atoms with Gasteiger partial charge in [-0.3, -0.25) is 9.55 Å². The van der Waals surface area contributed by atoms with Crippen molar-refractivity contribution in [1.82, 2.24) is 19.5 Å². The highest BCUT2D eigenvalue weighted by Gasteiger charge is 2.10. The van der Waals surface area contributed by atoms with Crippen LogP contribution in [-0.2, 0) is 12.4 Å². The molecule has 0 saturated heterocycles. The Morgan fingerprint density at radius 2 is 1.86 bits per heavy atom. The molecule has 6 rings (SSSR count). The van der Waals surface area contributed by atoms with E-state index in [9.17, 15) is 4.39 Å². The molecule has 0 spiro atoms. The van der Waals surface area contributed by atoms with Gasteiger partial charge in [-0.1, -0.05) is 12.1 Å². The molecule has 36 heavy (non-hydrogen) atoms. The van der Waals surface area contributed by atoms with Gasteiger partial charge in [-0.2, -0.15) is 0 Å². The van der Waals surface area contributed by atoms with Gasteiger partial charge in [-0.15, -0.1) is 23.1 Å². The molecule has 8 heteroatoms. The fraction of sp³-hybridized carbons (Fsp3) is 0.107. The van der Waals surface area contributed by atoms with Crippen LogP contribution in [0.2, 0.25) is 0 Å². The van der Waals surface area contributed by atoms with Crippen LogP contribution in [0.15, 0.2) is 90.1 Å². The van der Waals surface area contributed by atoms with Gasteiger partial charge in [0.2, 0.25) is 0 Å². The minimum absolute atomic E-state index is 0.253. The number of aryl methyl sites for hydroxylation is 1. The summed E-state index contributed by atoms with van der Waals surface area (Å²) >= 11 is 3.32. The van der Waals surface area contributed by atoms with Crippen LogP contribution in [0.4, 0.5) is 4.39 Å². The van der Waals surface area contributed by atoms with Crippen molar-refractivity contribution < 1.29 is 9.13 Å². The van der Waals surface area contributed by atoms with E-state index in [1.807, 2.05) is 43.3 Å². The van der Waals surface area contributed by atoms with Crippen molar-refractivity contribution in [2.24, 2.45) is 0 Å². The highest BCUT2D eigenvalue weighted by Crippen LogP contribution is 2.30. The van der Waals surface area contributed by atoms with Crippen molar-refractivity contribution >= 4 is 44.3 Å².